The number of carbonyl (C=O) groups is 2. The molecule has 0 saturated carbocycles. The molecular weight excluding hydrogens is 384 g/mol. The Hall–Kier alpha value is -3.94. The molecule has 0 atom stereocenters. The van der Waals surface area contributed by atoms with Crippen LogP contribution < -0.4 is 15.8 Å². The van der Waals surface area contributed by atoms with Crippen molar-refractivity contribution in [2.45, 2.75) is 19.5 Å². The van der Waals surface area contributed by atoms with E-state index in [4.69, 9.17) is 5.11 Å². The summed E-state index contributed by atoms with van der Waals surface area (Å²) in [5, 5.41) is 10.8. The van der Waals surface area contributed by atoms with Crippen LogP contribution in [0.3, 0.4) is 0 Å². The molecule has 3 heterocycles. The van der Waals surface area contributed by atoms with Crippen molar-refractivity contribution in [3.05, 3.63) is 88.6 Å². The Morgan fingerprint density at radius 3 is 2.63 bits per heavy atom. The summed E-state index contributed by atoms with van der Waals surface area (Å²) in [7, 11) is 0. The van der Waals surface area contributed by atoms with Gasteiger partial charge in [0.1, 0.15) is 6.54 Å². The van der Waals surface area contributed by atoms with E-state index in [1.54, 1.807) is 0 Å². The zero-order valence-corrected chi connectivity index (χ0v) is 16.3. The van der Waals surface area contributed by atoms with E-state index in [9.17, 15) is 14.4 Å². The van der Waals surface area contributed by atoms with Crippen molar-refractivity contribution in [3.63, 3.8) is 0 Å². The molecule has 3 aromatic rings. The van der Waals surface area contributed by atoms with Crippen LogP contribution in [0.2, 0.25) is 0 Å². The van der Waals surface area contributed by atoms with E-state index in [-0.39, 0.29) is 0 Å². The number of nitrogens with zero attached hydrogens (tertiary/aromatic N) is 3. The highest BCUT2D eigenvalue weighted by molar-refractivity contribution is 5.71. The molecule has 0 bridgehead atoms. The van der Waals surface area contributed by atoms with Crippen LogP contribution in [-0.2, 0) is 29.1 Å². The van der Waals surface area contributed by atoms with Gasteiger partial charge in [-0.3, -0.25) is 19.4 Å². The molecule has 0 fully saturated rings. The van der Waals surface area contributed by atoms with Crippen molar-refractivity contribution in [2.24, 2.45) is 0 Å². The number of nitrogens with one attached hydrogen (secondary N) is 1. The maximum absolute atomic E-state index is 11.1. The average molecular weight is 406 g/mol. The molecule has 8 heteroatoms. The number of carboxylic acid groups (broad SMARTS) is 1. The summed E-state index contributed by atoms with van der Waals surface area (Å²) in [6.07, 6.45) is 6.61. The van der Waals surface area contributed by atoms with Crippen molar-refractivity contribution in [1.29, 1.82) is 0 Å². The van der Waals surface area contributed by atoms with E-state index in [0.29, 0.717) is 12.1 Å². The summed E-state index contributed by atoms with van der Waals surface area (Å²) in [6.45, 7) is 1.66. The van der Waals surface area contributed by atoms with Gasteiger partial charge >= 0.3 is 5.97 Å². The molecule has 1 amide bonds. The fourth-order valence-corrected chi connectivity index (χ4v) is 3.21. The lowest BCUT2D eigenvalue weighted by atomic mass is 10.00. The number of aliphatic carboxylic acids is 1. The number of hydrogen-bond acceptors (Lipinski definition) is 5. The number of benzene rings is 1. The van der Waals surface area contributed by atoms with Crippen LogP contribution in [0.25, 0.3) is 0 Å². The molecule has 154 valence electrons. The zero-order chi connectivity index (χ0) is 21.3. The van der Waals surface area contributed by atoms with Gasteiger partial charge in [-0.05, 0) is 35.7 Å². The Morgan fingerprint density at radius 1 is 1.13 bits per heavy atom. The molecule has 0 radical (unpaired) electrons. The van der Waals surface area contributed by atoms with Crippen molar-refractivity contribution in [2.75, 3.05) is 16.8 Å². The third-order valence-electron chi connectivity index (χ3n) is 4.66. The molecule has 1 aliphatic rings. The zero-order valence-electron chi connectivity index (χ0n) is 16.3. The topological polar surface area (TPSA) is 105 Å². The van der Waals surface area contributed by atoms with Crippen molar-refractivity contribution >= 4 is 23.8 Å². The highest BCUT2D eigenvalue weighted by Gasteiger charge is 2.15. The van der Waals surface area contributed by atoms with E-state index < -0.39 is 18.1 Å². The molecular formula is C22H22N4O4. The van der Waals surface area contributed by atoms with Crippen LogP contribution >= 0.6 is 0 Å². The predicted octanol–water partition coefficient (Wildman–Crippen LogP) is 2.15. The number of anilines is 2. The monoisotopic (exact) mass is 406 g/mol. The van der Waals surface area contributed by atoms with Crippen molar-refractivity contribution in [3.8, 4) is 0 Å². The van der Waals surface area contributed by atoms with Gasteiger partial charge < -0.3 is 19.9 Å². The van der Waals surface area contributed by atoms with E-state index in [0.717, 1.165) is 24.1 Å². The maximum atomic E-state index is 11.1. The van der Waals surface area contributed by atoms with Crippen LogP contribution in [0, 0.1) is 0 Å². The number of hydrogen-bond donors (Lipinski definition) is 2. The summed E-state index contributed by atoms with van der Waals surface area (Å²) in [5.74, 6) is -1.12. The fraction of sp³-hybridized carbons (Fsp3) is 0.182. The molecule has 2 aromatic heterocycles. The molecule has 0 saturated heterocycles. The summed E-state index contributed by atoms with van der Waals surface area (Å²) in [5.41, 5.74) is 4.10. The van der Waals surface area contributed by atoms with E-state index in [1.807, 2.05) is 18.5 Å². The van der Waals surface area contributed by atoms with Crippen LogP contribution in [0.5, 0.6) is 0 Å². The third-order valence-corrected chi connectivity index (χ3v) is 4.66. The molecule has 0 spiro atoms. The molecule has 0 unspecified atom stereocenters. The van der Waals surface area contributed by atoms with E-state index >= 15 is 0 Å². The Labute approximate surface area is 173 Å². The van der Waals surface area contributed by atoms with Gasteiger partial charge in [0.15, 0.2) is 0 Å². The summed E-state index contributed by atoms with van der Waals surface area (Å²) < 4.78 is 0.994. The van der Waals surface area contributed by atoms with Gasteiger partial charge in [-0.25, -0.2) is 0 Å². The number of pyridine rings is 2. The SMILES string of the molecule is O=CNc1ccc(=O)n(CC(=O)O)c1.c1cncc(N2CCc3ccccc3C2)c1. The summed E-state index contributed by atoms with van der Waals surface area (Å²) >= 11 is 0. The molecule has 1 aliphatic heterocycles. The van der Waals surface area contributed by atoms with Crippen LogP contribution in [0.4, 0.5) is 11.4 Å². The minimum absolute atomic E-state index is 0.376. The molecule has 8 nitrogen and oxygen atoms in total. The fourth-order valence-electron chi connectivity index (χ4n) is 3.21. The molecule has 2 N–H and O–H groups in total. The van der Waals surface area contributed by atoms with Gasteiger partial charge in [-0.15, -0.1) is 0 Å². The van der Waals surface area contributed by atoms with Gasteiger partial charge in [-0.2, -0.15) is 0 Å². The first kappa shape index (κ1) is 20.8. The second-order valence-corrected chi connectivity index (χ2v) is 6.69. The minimum atomic E-state index is -1.12. The number of carboxylic acids is 1. The Balaban J connectivity index is 0.000000173. The first-order chi connectivity index (χ1) is 14.6. The highest BCUT2D eigenvalue weighted by Crippen LogP contribution is 2.23. The number of fused-ring (bicyclic) bond motifs is 1. The lowest BCUT2D eigenvalue weighted by molar-refractivity contribution is -0.137. The lowest BCUT2D eigenvalue weighted by Gasteiger charge is -2.30. The van der Waals surface area contributed by atoms with Gasteiger partial charge in [0, 0.05) is 31.5 Å². The second kappa shape index (κ2) is 10.0. The van der Waals surface area contributed by atoms with Crippen LogP contribution in [0.15, 0.2) is 71.9 Å². The minimum Gasteiger partial charge on any atom is -0.480 e. The highest BCUT2D eigenvalue weighted by atomic mass is 16.4. The number of aromatic nitrogens is 2. The smallest absolute Gasteiger partial charge is 0.323 e. The standard InChI is InChI=1S/C14H14N2.C8H8N2O4/c1-2-5-13-11-16(9-7-12(13)4-1)14-6-3-8-15-10-14;11-5-9-6-1-2-7(12)10(3-6)4-8(13)14/h1-6,8,10H,7,9,11H2;1-3,5H,4H2,(H,9,11)(H,13,14). The van der Waals surface area contributed by atoms with Crippen molar-refractivity contribution in [1.82, 2.24) is 9.55 Å². The Kier molecular flexibility index (Phi) is 6.94. The normalized spacial score (nSPS) is 12.2. The third kappa shape index (κ3) is 5.54. The van der Waals surface area contributed by atoms with Gasteiger partial charge in [0.2, 0.25) is 6.41 Å². The first-order valence-electron chi connectivity index (χ1n) is 9.41. The lowest BCUT2D eigenvalue weighted by Crippen LogP contribution is -2.30. The number of carbonyl (C=O) groups excluding carboxylic acids is 1. The number of rotatable bonds is 5. The predicted molar refractivity (Wildman–Crippen MR) is 113 cm³/mol. The van der Waals surface area contributed by atoms with E-state index in [1.165, 1.54) is 35.1 Å². The molecule has 30 heavy (non-hydrogen) atoms. The van der Waals surface area contributed by atoms with Crippen LogP contribution in [0.1, 0.15) is 11.1 Å². The second-order valence-electron chi connectivity index (χ2n) is 6.69. The molecule has 1 aromatic carbocycles. The first-order valence-corrected chi connectivity index (χ1v) is 9.41. The van der Waals surface area contributed by atoms with E-state index in [2.05, 4.69) is 45.5 Å². The van der Waals surface area contributed by atoms with Gasteiger partial charge in [0.25, 0.3) is 5.56 Å². The maximum Gasteiger partial charge on any atom is 0.323 e. The largest absolute Gasteiger partial charge is 0.480 e. The van der Waals surface area contributed by atoms with Gasteiger partial charge in [0.05, 0.1) is 17.6 Å². The summed E-state index contributed by atoms with van der Waals surface area (Å²) in [6, 6.07) is 15.4. The van der Waals surface area contributed by atoms with Gasteiger partial charge in [-0.1, -0.05) is 24.3 Å². The quantitative estimate of drug-likeness (QED) is 0.629. The average Bonchev–Trinajstić information content (AvgIpc) is 2.77. The Bertz CT molecular complexity index is 1070. The molecule has 0 aliphatic carbocycles. The van der Waals surface area contributed by atoms with Crippen LogP contribution in [-0.4, -0.2) is 33.6 Å². The summed E-state index contributed by atoms with van der Waals surface area (Å²) in [4.78, 5) is 38.1. The Morgan fingerprint density at radius 2 is 1.93 bits per heavy atom. The molecule has 4 rings (SSSR count). The number of amides is 1. The van der Waals surface area contributed by atoms with Crippen molar-refractivity contribution < 1.29 is 14.7 Å².